The first-order valence-corrected chi connectivity index (χ1v) is 13.2. The summed E-state index contributed by atoms with van der Waals surface area (Å²) < 4.78 is 5.63. The molecule has 1 N–H and O–H groups in total. The quantitative estimate of drug-likeness (QED) is 0.559. The molecule has 0 aliphatic heterocycles. The molecule has 4 fully saturated rings. The largest absolute Gasteiger partial charge is 0.463 e. The lowest BCUT2D eigenvalue weighted by Crippen LogP contribution is -2.57. The van der Waals surface area contributed by atoms with E-state index in [1.54, 1.807) is 6.92 Å². The van der Waals surface area contributed by atoms with Gasteiger partial charge in [0, 0.05) is 6.92 Å². The second-order valence-electron chi connectivity index (χ2n) is 12.2. The third-order valence-electron chi connectivity index (χ3n) is 10.9. The van der Waals surface area contributed by atoms with Crippen molar-refractivity contribution in [1.82, 2.24) is 0 Å². The third-order valence-corrected chi connectivity index (χ3v) is 10.9. The van der Waals surface area contributed by atoms with Gasteiger partial charge in [0.05, 0.1) is 5.60 Å². The average molecular weight is 439 g/mol. The van der Waals surface area contributed by atoms with Gasteiger partial charge in [0.15, 0.2) is 0 Å². The van der Waals surface area contributed by atoms with Crippen LogP contribution in [0.5, 0.6) is 0 Å². The first-order valence-electron chi connectivity index (χ1n) is 13.2. The summed E-state index contributed by atoms with van der Waals surface area (Å²) in [6.07, 6.45) is 12.4. The summed E-state index contributed by atoms with van der Waals surface area (Å²) in [5.74, 6) is 2.75. The first kappa shape index (κ1) is 22.4. The van der Waals surface area contributed by atoms with Gasteiger partial charge < -0.3 is 9.84 Å². The second-order valence-corrected chi connectivity index (χ2v) is 12.2. The fraction of sp³-hybridized carbons (Fsp3) is 0.759. The Morgan fingerprint density at radius 1 is 1.00 bits per heavy atom. The summed E-state index contributed by atoms with van der Waals surface area (Å²) in [5, 5.41) is 12.0. The number of hydrogen-bond donors (Lipinski definition) is 1. The minimum atomic E-state index is -0.525. The maximum atomic E-state index is 12.0. The van der Waals surface area contributed by atoms with Gasteiger partial charge in [-0.05, 0) is 111 Å². The molecule has 4 aliphatic carbocycles. The second kappa shape index (κ2) is 8.15. The number of benzene rings is 1. The Morgan fingerprint density at radius 3 is 2.50 bits per heavy atom. The van der Waals surface area contributed by atoms with E-state index in [1.807, 2.05) is 0 Å². The van der Waals surface area contributed by atoms with E-state index in [2.05, 4.69) is 44.2 Å². The lowest BCUT2D eigenvalue weighted by molar-refractivity contribution is -0.170. The van der Waals surface area contributed by atoms with E-state index in [0.717, 1.165) is 43.9 Å². The van der Waals surface area contributed by atoms with Gasteiger partial charge in [-0.1, -0.05) is 44.2 Å². The van der Waals surface area contributed by atoms with Crippen LogP contribution in [0.1, 0.15) is 90.5 Å². The number of aryl methyl sites for hydroxylation is 1. The summed E-state index contributed by atoms with van der Waals surface area (Å²) in [6.45, 7) is 6.53. The molecule has 0 bridgehead atoms. The molecule has 0 amide bonds. The molecule has 3 heteroatoms. The zero-order valence-corrected chi connectivity index (χ0v) is 20.3. The zero-order valence-electron chi connectivity index (χ0n) is 20.3. The van der Waals surface area contributed by atoms with Crippen molar-refractivity contribution in [3.05, 3.63) is 35.9 Å². The van der Waals surface area contributed by atoms with Crippen molar-refractivity contribution in [3.8, 4) is 0 Å². The van der Waals surface area contributed by atoms with Crippen LogP contribution >= 0.6 is 0 Å². The van der Waals surface area contributed by atoms with Crippen LogP contribution in [0.25, 0.3) is 0 Å². The molecule has 0 saturated heterocycles. The average Bonchev–Trinajstić information content (AvgIpc) is 3.04. The number of fused-ring (bicyclic) bond motifs is 5. The lowest BCUT2D eigenvalue weighted by Gasteiger charge is -2.61. The van der Waals surface area contributed by atoms with Crippen LogP contribution in [0.3, 0.4) is 0 Å². The van der Waals surface area contributed by atoms with E-state index >= 15 is 0 Å². The molecule has 0 aromatic heterocycles. The SMILES string of the molecule is CC(=O)O[C@@H]1CC[C@@]2(C)[C@@H](CC[C@@H]3[C@@H]2CC[C@@]2(C)[C@H]3CC[C@@]2(O)CCc2ccccc2)C1. The fourth-order valence-corrected chi connectivity index (χ4v) is 9.08. The van der Waals surface area contributed by atoms with E-state index in [0.29, 0.717) is 17.3 Å². The van der Waals surface area contributed by atoms with Crippen LogP contribution in [-0.2, 0) is 16.0 Å². The summed E-state index contributed by atoms with van der Waals surface area (Å²) >= 11 is 0. The number of rotatable bonds is 4. The molecule has 1 aromatic carbocycles. The predicted molar refractivity (Wildman–Crippen MR) is 127 cm³/mol. The Morgan fingerprint density at radius 2 is 1.75 bits per heavy atom. The number of aliphatic hydroxyl groups is 1. The summed E-state index contributed by atoms with van der Waals surface area (Å²) in [4.78, 5) is 11.5. The molecule has 1 aromatic rings. The van der Waals surface area contributed by atoms with Crippen molar-refractivity contribution < 1.29 is 14.6 Å². The van der Waals surface area contributed by atoms with Gasteiger partial charge in [-0.25, -0.2) is 0 Å². The van der Waals surface area contributed by atoms with Crippen LogP contribution in [0, 0.1) is 34.5 Å². The molecular weight excluding hydrogens is 396 g/mol. The molecule has 0 heterocycles. The zero-order chi connectivity index (χ0) is 22.6. The maximum Gasteiger partial charge on any atom is 0.302 e. The number of carbonyl (C=O) groups excluding carboxylic acids is 1. The van der Waals surface area contributed by atoms with Crippen LogP contribution < -0.4 is 0 Å². The van der Waals surface area contributed by atoms with Gasteiger partial charge in [-0.3, -0.25) is 4.79 Å². The van der Waals surface area contributed by atoms with E-state index < -0.39 is 5.60 Å². The number of ether oxygens (including phenoxy) is 1. The minimum Gasteiger partial charge on any atom is -0.463 e. The van der Waals surface area contributed by atoms with Crippen LogP contribution in [0.4, 0.5) is 0 Å². The van der Waals surface area contributed by atoms with E-state index in [-0.39, 0.29) is 17.5 Å². The molecule has 8 atom stereocenters. The van der Waals surface area contributed by atoms with Crippen molar-refractivity contribution in [1.29, 1.82) is 0 Å². The van der Waals surface area contributed by atoms with Gasteiger partial charge in [0.2, 0.25) is 0 Å². The summed E-state index contributed by atoms with van der Waals surface area (Å²) in [7, 11) is 0. The summed E-state index contributed by atoms with van der Waals surface area (Å²) in [5.41, 5.74) is 1.26. The third kappa shape index (κ3) is 3.54. The molecule has 4 aliphatic rings. The van der Waals surface area contributed by atoms with Gasteiger partial charge >= 0.3 is 5.97 Å². The van der Waals surface area contributed by atoms with Crippen LogP contribution in [-0.4, -0.2) is 22.8 Å². The molecule has 0 unspecified atom stereocenters. The van der Waals surface area contributed by atoms with E-state index in [9.17, 15) is 9.90 Å². The smallest absolute Gasteiger partial charge is 0.302 e. The molecule has 0 radical (unpaired) electrons. The molecule has 5 rings (SSSR count). The first-order chi connectivity index (χ1) is 15.3. The highest BCUT2D eigenvalue weighted by molar-refractivity contribution is 5.66. The van der Waals surface area contributed by atoms with Crippen molar-refractivity contribution >= 4 is 5.97 Å². The van der Waals surface area contributed by atoms with Gasteiger partial charge in [0.25, 0.3) is 0 Å². The number of carbonyl (C=O) groups is 1. The monoisotopic (exact) mass is 438 g/mol. The van der Waals surface area contributed by atoms with Crippen LogP contribution in [0.15, 0.2) is 30.3 Å². The van der Waals surface area contributed by atoms with E-state index in [1.165, 1.54) is 44.1 Å². The van der Waals surface area contributed by atoms with Crippen molar-refractivity contribution in [2.75, 3.05) is 0 Å². The molecule has 3 nitrogen and oxygen atoms in total. The maximum absolute atomic E-state index is 12.0. The Balaban J connectivity index is 1.31. The van der Waals surface area contributed by atoms with Crippen molar-refractivity contribution in [3.63, 3.8) is 0 Å². The Kier molecular flexibility index (Phi) is 5.72. The Labute approximate surface area is 194 Å². The highest BCUT2D eigenvalue weighted by atomic mass is 16.5. The normalized spacial score (nSPS) is 45.4. The minimum absolute atomic E-state index is 0.0566. The van der Waals surface area contributed by atoms with Gasteiger partial charge in [-0.2, -0.15) is 0 Å². The Hall–Kier alpha value is -1.35. The molecule has 176 valence electrons. The fourth-order valence-electron chi connectivity index (χ4n) is 9.08. The number of esters is 1. The lowest BCUT2D eigenvalue weighted by atomic mass is 9.44. The molecule has 0 spiro atoms. The van der Waals surface area contributed by atoms with Gasteiger partial charge in [0.1, 0.15) is 6.10 Å². The van der Waals surface area contributed by atoms with E-state index in [4.69, 9.17) is 4.74 Å². The van der Waals surface area contributed by atoms with Gasteiger partial charge in [-0.15, -0.1) is 0 Å². The predicted octanol–water partition coefficient (Wildman–Crippen LogP) is 6.32. The molecule has 4 saturated carbocycles. The standard InChI is InChI=1S/C29H42O3/c1-20(30)32-23-12-15-27(2)22(19-23)9-10-24-25(27)13-16-28(3)26(24)14-18-29(28,31)17-11-21-7-5-4-6-8-21/h4-8,22-26,31H,9-19H2,1-3H3/t22-,23+,24+,25-,26-,27-,28-,29-/m0/s1. The summed E-state index contributed by atoms with van der Waals surface area (Å²) in [6, 6.07) is 10.7. The van der Waals surface area contributed by atoms with Crippen LogP contribution in [0.2, 0.25) is 0 Å². The highest BCUT2D eigenvalue weighted by Crippen LogP contribution is 2.68. The molecular formula is C29H42O3. The van der Waals surface area contributed by atoms with Crippen molar-refractivity contribution in [2.24, 2.45) is 34.5 Å². The van der Waals surface area contributed by atoms with Crippen molar-refractivity contribution in [2.45, 2.75) is 103 Å². The molecule has 32 heavy (non-hydrogen) atoms. The topological polar surface area (TPSA) is 46.5 Å². The number of hydrogen-bond acceptors (Lipinski definition) is 3. The Bertz CT molecular complexity index is 836. The highest BCUT2D eigenvalue weighted by Gasteiger charge is 2.64.